The highest BCUT2D eigenvalue weighted by Crippen LogP contribution is 2.30. The van der Waals surface area contributed by atoms with Gasteiger partial charge in [0, 0.05) is 17.4 Å². The summed E-state index contributed by atoms with van der Waals surface area (Å²) in [6.07, 6.45) is 1.49. The summed E-state index contributed by atoms with van der Waals surface area (Å²) in [4.78, 5) is 21.9. The molecule has 0 saturated heterocycles. The molecule has 2 aromatic heterocycles. The number of hydrogen-bond acceptors (Lipinski definition) is 7. The zero-order valence-corrected chi connectivity index (χ0v) is 20.9. The van der Waals surface area contributed by atoms with E-state index in [4.69, 9.17) is 10.5 Å². The zero-order valence-electron chi connectivity index (χ0n) is 20.0. The van der Waals surface area contributed by atoms with Crippen LogP contribution in [0.1, 0.15) is 5.56 Å². The van der Waals surface area contributed by atoms with E-state index in [1.54, 1.807) is 60.7 Å². The molecule has 5 rings (SSSR count). The summed E-state index contributed by atoms with van der Waals surface area (Å²) in [6, 6.07) is 22.5. The van der Waals surface area contributed by atoms with Crippen LogP contribution in [0.4, 0.5) is 11.6 Å². The van der Waals surface area contributed by atoms with Crippen molar-refractivity contribution >= 4 is 32.6 Å². The number of rotatable bonds is 6. The van der Waals surface area contributed by atoms with Crippen molar-refractivity contribution in [2.75, 3.05) is 17.6 Å². The fraction of sp³-hybridized carbons (Fsp3) is 0.0741. The Morgan fingerprint density at radius 1 is 0.946 bits per heavy atom. The monoisotopic (exact) mass is 513 g/mol. The van der Waals surface area contributed by atoms with Gasteiger partial charge in [0.05, 0.1) is 23.7 Å². The molecule has 3 N–H and O–H groups in total. The molecule has 0 aliphatic carbocycles. The number of aromatic nitrogens is 3. The van der Waals surface area contributed by atoms with E-state index in [-0.39, 0.29) is 22.3 Å². The van der Waals surface area contributed by atoms with E-state index in [1.165, 1.54) is 23.9 Å². The number of nitrogen functional groups attached to an aromatic ring is 1. The molecule has 10 heteroatoms. The van der Waals surface area contributed by atoms with Gasteiger partial charge >= 0.3 is 0 Å². The van der Waals surface area contributed by atoms with Gasteiger partial charge in [0.15, 0.2) is 0 Å². The summed E-state index contributed by atoms with van der Waals surface area (Å²) in [7, 11) is -2.68. The van der Waals surface area contributed by atoms with Crippen LogP contribution in [-0.2, 0) is 10.0 Å². The van der Waals surface area contributed by atoms with Crippen LogP contribution in [0.25, 0.3) is 27.7 Å². The van der Waals surface area contributed by atoms with Crippen molar-refractivity contribution < 1.29 is 13.2 Å². The zero-order chi connectivity index (χ0) is 26.2. The summed E-state index contributed by atoms with van der Waals surface area (Å²) in [5.74, 6) is 0.0173. The lowest BCUT2D eigenvalue weighted by molar-refractivity contribution is 0.385. The van der Waals surface area contributed by atoms with Gasteiger partial charge in [-0.3, -0.25) is 9.52 Å². The standard InChI is InChI=1S/C27H23N5O4S/c1-17-7-6-8-20(13-17)31-37(34,35)24-15-19(16-29-25(24)36-2)18-11-12-23-22(14-18)26(33)32(27(28)30-23)21-9-4-3-5-10-21/h3-16,31H,1-2H3,(H2,28,30). The molecule has 2 heterocycles. The molecule has 0 bridgehead atoms. The Hall–Kier alpha value is -4.70. The topological polar surface area (TPSA) is 129 Å². The predicted molar refractivity (Wildman–Crippen MR) is 144 cm³/mol. The molecule has 37 heavy (non-hydrogen) atoms. The molecule has 0 unspecified atom stereocenters. The van der Waals surface area contributed by atoms with Gasteiger partial charge in [-0.05, 0) is 60.5 Å². The molecule has 0 amide bonds. The average molecular weight is 514 g/mol. The summed E-state index contributed by atoms with van der Waals surface area (Å²) in [5, 5.41) is 0.327. The molecule has 0 saturated carbocycles. The summed E-state index contributed by atoms with van der Waals surface area (Å²) in [5.41, 5.74) is 9.16. The number of fused-ring (bicyclic) bond motifs is 1. The van der Waals surface area contributed by atoms with Crippen LogP contribution in [0.5, 0.6) is 5.88 Å². The summed E-state index contributed by atoms with van der Waals surface area (Å²) < 4.78 is 35.7. The maximum absolute atomic E-state index is 13.4. The predicted octanol–water partition coefficient (Wildman–Crippen LogP) is 4.15. The van der Waals surface area contributed by atoms with Crippen molar-refractivity contribution in [2.24, 2.45) is 0 Å². The van der Waals surface area contributed by atoms with Crippen LogP contribution in [0.3, 0.4) is 0 Å². The van der Waals surface area contributed by atoms with Crippen molar-refractivity contribution in [1.29, 1.82) is 0 Å². The number of pyridine rings is 1. The minimum Gasteiger partial charge on any atom is -0.480 e. The van der Waals surface area contributed by atoms with E-state index in [9.17, 15) is 13.2 Å². The second-order valence-electron chi connectivity index (χ2n) is 8.38. The molecule has 0 atom stereocenters. The molecular formula is C27H23N5O4S. The first-order chi connectivity index (χ1) is 17.8. The first-order valence-corrected chi connectivity index (χ1v) is 12.8. The molecule has 0 radical (unpaired) electrons. The normalized spacial score (nSPS) is 11.4. The Bertz CT molecular complexity index is 1800. The van der Waals surface area contributed by atoms with Crippen LogP contribution in [-0.4, -0.2) is 30.1 Å². The van der Waals surface area contributed by atoms with Crippen LogP contribution in [0, 0.1) is 6.92 Å². The lowest BCUT2D eigenvalue weighted by Crippen LogP contribution is -2.23. The smallest absolute Gasteiger partial charge is 0.267 e. The van der Waals surface area contributed by atoms with Gasteiger partial charge in [0.25, 0.3) is 15.6 Å². The van der Waals surface area contributed by atoms with Gasteiger partial charge in [-0.25, -0.2) is 23.0 Å². The number of nitrogens with one attached hydrogen (secondary N) is 1. The Morgan fingerprint density at radius 3 is 2.46 bits per heavy atom. The van der Waals surface area contributed by atoms with E-state index < -0.39 is 10.0 Å². The molecule has 5 aromatic rings. The minimum absolute atomic E-state index is 0.0504. The number of nitrogens with zero attached hydrogens (tertiary/aromatic N) is 3. The van der Waals surface area contributed by atoms with Crippen molar-refractivity contribution in [1.82, 2.24) is 14.5 Å². The number of anilines is 2. The lowest BCUT2D eigenvalue weighted by Gasteiger charge is -2.13. The van der Waals surface area contributed by atoms with Gasteiger partial charge in [-0.1, -0.05) is 36.4 Å². The Labute approximate surface area is 213 Å². The van der Waals surface area contributed by atoms with Gasteiger partial charge in [-0.2, -0.15) is 0 Å². The highest BCUT2D eigenvalue weighted by Gasteiger charge is 2.22. The Morgan fingerprint density at radius 2 is 1.73 bits per heavy atom. The van der Waals surface area contributed by atoms with Gasteiger partial charge in [-0.15, -0.1) is 0 Å². The Balaban J connectivity index is 1.62. The van der Waals surface area contributed by atoms with Crippen LogP contribution in [0.15, 0.2) is 94.7 Å². The van der Waals surface area contributed by atoms with Gasteiger partial charge < -0.3 is 10.5 Å². The molecule has 0 aliphatic rings. The fourth-order valence-electron chi connectivity index (χ4n) is 4.06. The number of sulfonamides is 1. The molecule has 0 aliphatic heterocycles. The first-order valence-electron chi connectivity index (χ1n) is 11.3. The summed E-state index contributed by atoms with van der Waals surface area (Å²) >= 11 is 0. The molecule has 0 fully saturated rings. The lowest BCUT2D eigenvalue weighted by atomic mass is 10.1. The second kappa shape index (κ2) is 9.40. The molecular weight excluding hydrogens is 490 g/mol. The maximum atomic E-state index is 13.4. The molecule has 3 aromatic carbocycles. The van der Waals surface area contributed by atoms with E-state index in [2.05, 4.69) is 14.7 Å². The van der Waals surface area contributed by atoms with Crippen molar-refractivity contribution in [3.05, 3.63) is 101 Å². The third kappa shape index (κ3) is 4.62. The number of nitrogens with two attached hydrogens (primary N) is 1. The van der Waals surface area contributed by atoms with Crippen molar-refractivity contribution in [3.8, 4) is 22.7 Å². The van der Waals surface area contributed by atoms with E-state index in [0.717, 1.165) is 5.56 Å². The third-order valence-electron chi connectivity index (χ3n) is 5.81. The Kier molecular flexibility index (Phi) is 6.10. The van der Waals surface area contributed by atoms with Gasteiger partial charge in [0.2, 0.25) is 11.8 Å². The van der Waals surface area contributed by atoms with E-state index in [1.807, 2.05) is 19.1 Å². The maximum Gasteiger partial charge on any atom is 0.267 e. The van der Waals surface area contributed by atoms with Crippen LogP contribution >= 0.6 is 0 Å². The second-order valence-corrected chi connectivity index (χ2v) is 10.0. The van der Waals surface area contributed by atoms with Crippen LogP contribution in [0.2, 0.25) is 0 Å². The van der Waals surface area contributed by atoms with Crippen molar-refractivity contribution in [2.45, 2.75) is 11.8 Å². The quantitative estimate of drug-likeness (QED) is 0.349. The fourth-order valence-corrected chi connectivity index (χ4v) is 5.26. The highest BCUT2D eigenvalue weighted by molar-refractivity contribution is 7.92. The summed E-state index contributed by atoms with van der Waals surface area (Å²) in [6.45, 7) is 1.87. The first kappa shape index (κ1) is 24.0. The van der Waals surface area contributed by atoms with Crippen molar-refractivity contribution in [3.63, 3.8) is 0 Å². The molecule has 186 valence electrons. The van der Waals surface area contributed by atoms with E-state index >= 15 is 0 Å². The number of aryl methyl sites for hydroxylation is 1. The highest BCUT2D eigenvalue weighted by atomic mass is 32.2. The van der Waals surface area contributed by atoms with Crippen LogP contribution < -0.4 is 20.8 Å². The molecule has 0 spiro atoms. The SMILES string of the molecule is COc1ncc(-c2ccc3nc(N)n(-c4ccccc4)c(=O)c3c2)cc1S(=O)(=O)Nc1cccc(C)c1. The largest absolute Gasteiger partial charge is 0.480 e. The minimum atomic E-state index is -4.03. The number of hydrogen-bond donors (Lipinski definition) is 2. The number of ether oxygens (including phenoxy) is 1. The van der Waals surface area contributed by atoms with E-state index in [0.29, 0.717) is 33.4 Å². The number of para-hydroxylation sites is 1. The third-order valence-corrected chi connectivity index (χ3v) is 7.19. The van der Waals surface area contributed by atoms with Gasteiger partial charge in [0.1, 0.15) is 4.90 Å². The number of methoxy groups -OCH3 is 1. The molecule has 9 nitrogen and oxygen atoms in total. The number of benzene rings is 3. The average Bonchev–Trinajstić information content (AvgIpc) is 2.88.